The second-order valence-corrected chi connectivity index (χ2v) is 11.7. The smallest absolute Gasteiger partial charge is 0.390 e. The number of aliphatic hydroxyl groups is 1. The third kappa shape index (κ3) is 5.83. The van der Waals surface area contributed by atoms with Gasteiger partial charge in [-0.1, -0.05) is 29.8 Å². The molecule has 1 unspecified atom stereocenters. The Morgan fingerprint density at radius 1 is 1.14 bits per heavy atom. The number of β-amino-alcohol motifs (C(OH)–C–C–N with tert-alkyl or cyclic N) is 1. The number of amides is 1. The molecule has 0 radical (unpaired) electrons. The van der Waals surface area contributed by atoms with Crippen molar-refractivity contribution in [1.82, 2.24) is 29.1 Å². The molecule has 6 rings (SSSR count). The maximum absolute atomic E-state index is 13.6. The number of imidazole rings is 1. The minimum Gasteiger partial charge on any atom is -0.390 e. The number of para-hydroxylation sites is 2. The number of aromatic nitrogens is 4. The van der Waals surface area contributed by atoms with E-state index >= 15 is 0 Å². The Kier molecular flexibility index (Phi) is 7.86. The summed E-state index contributed by atoms with van der Waals surface area (Å²) in [7, 11) is 0. The Morgan fingerprint density at radius 2 is 1.88 bits per heavy atom. The van der Waals surface area contributed by atoms with Crippen LogP contribution in [-0.4, -0.2) is 72.4 Å². The quantitative estimate of drug-likeness (QED) is 0.333. The number of carbonyl (C=O) groups is 1. The second kappa shape index (κ2) is 11.5. The summed E-state index contributed by atoms with van der Waals surface area (Å²) in [5.41, 5.74) is 2.70. The number of H-pyrrole nitrogens is 1. The lowest BCUT2D eigenvalue weighted by Gasteiger charge is -2.33. The fourth-order valence-electron chi connectivity index (χ4n) is 6.38. The van der Waals surface area contributed by atoms with Gasteiger partial charge in [0, 0.05) is 68.9 Å². The van der Waals surface area contributed by atoms with Crippen LogP contribution < -0.4 is 5.69 Å². The number of hydrogen-bond acceptors (Lipinski definition) is 5. The number of alkyl halides is 3. The predicted octanol–water partition coefficient (Wildman–Crippen LogP) is 4.47. The van der Waals surface area contributed by atoms with Crippen LogP contribution in [0.15, 0.2) is 47.3 Å². The highest BCUT2D eigenvalue weighted by atomic mass is 35.5. The molecule has 1 atom stereocenters. The third-order valence-electron chi connectivity index (χ3n) is 8.52. The molecule has 43 heavy (non-hydrogen) atoms. The molecule has 4 aromatic rings. The van der Waals surface area contributed by atoms with Crippen molar-refractivity contribution in [1.29, 1.82) is 0 Å². The van der Waals surface area contributed by atoms with Crippen LogP contribution in [0.1, 0.15) is 42.6 Å². The van der Waals surface area contributed by atoms with Crippen LogP contribution in [0, 0.1) is 0 Å². The lowest BCUT2D eigenvalue weighted by Crippen LogP contribution is -2.42. The molecule has 0 spiro atoms. The van der Waals surface area contributed by atoms with Crippen LogP contribution >= 0.6 is 11.6 Å². The van der Waals surface area contributed by atoms with Gasteiger partial charge in [0.15, 0.2) is 0 Å². The van der Waals surface area contributed by atoms with Crippen molar-refractivity contribution in [3.05, 3.63) is 74.8 Å². The molecule has 0 bridgehead atoms. The molecule has 4 heterocycles. The highest BCUT2D eigenvalue weighted by Crippen LogP contribution is 2.39. The van der Waals surface area contributed by atoms with Gasteiger partial charge < -0.3 is 19.9 Å². The van der Waals surface area contributed by atoms with E-state index in [1.807, 2.05) is 28.8 Å². The van der Waals surface area contributed by atoms with Crippen LogP contribution in [-0.2, 0) is 30.5 Å². The Hall–Kier alpha value is -3.61. The lowest BCUT2D eigenvalue weighted by molar-refractivity contribution is -0.137. The molecular formula is C30H32ClF3N6O3. The summed E-state index contributed by atoms with van der Waals surface area (Å²) in [6, 6.07) is 11.4. The Bertz CT molecular complexity index is 1720. The van der Waals surface area contributed by atoms with E-state index in [2.05, 4.69) is 15.0 Å². The van der Waals surface area contributed by atoms with Crippen LogP contribution in [0.25, 0.3) is 22.3 Å². The van der Waals surface area contributed by atoms with Gasteiger partial charge in [0.05, 0.1) is 40.0 Å². The Morgan fingerprint density at radius 3 is 2.60 bits per heavy atom. The van der Waals surface area contributed by atoms with Crippen molar-refractivity contribution in [3.8, 4) is 11.3 Å². The number of halogens is 4. The fourth-order valence-corrected chi connectivity index (χ4v) is 6.61. The van der Waals surface area contributed by atoms with Gasteiger partial charge in [0.1, 0.15) is 0 Å². The molecule has 2 aromatic carbocycles. The number of carbonyl (C=O) groups excluding carboxylic acids is 1. The fraction of sp³-hybridized carbons (Fsp3) is 0.433. The normalized spacial score (nSPS) is 17.4. The molecule has 13 heteroatoms. The zero-order chi connectivity index (χ0) is 30.5. The number of fused-ring (bicyclic) bond motifs is 2. The third-order valence-corrected chi connectivity index (χ3v) is 8.85. The first-order chi connectivity index (χ1) is 20.5. The predicted molar refractivity (Wildman–Crippen MR) is 156 cm³/mol. The summed E-state index contributed by atoms with van der Waals surface area (Å²) in [6.07, 6.45) is -3.43. The lowest BCUT2D eigenvalue weighted by atomic mass is 9.99. The molecular weight excluding hydrogens is 585 g/mol. The van der Waals surface area contributed by atoms with Crippen LogP contribution in [0.4, 0.5) is 13.2 Å². The molecule has 2 N–H and O–H groups in total. The molecule has 9 nitrogen and oxygen atoms in total. The second-order valence-electron chi connectivity index (χ2n) is 11.3. The van der Waals surface area contributed by atoms with E-state index in [1.165, 1.54) is 19.1 Å². The average Bonchev–Trinajstić information content (AvgIpc) is 3.49. The Balaban J connectivity index is 1.19. The van der Waals surface area contributed by atoms with Crippen LogP contribution in [0.5, 0.6) is 0 Å². The van der Waals surface area contributed by atoms with Crippen molar-refractivity contribution in [3.63, 3.8) is 0 Å². The molecule has 1 amide bonds. The molecule has 0 saturated carbocycles. The number of likely N-dealkylation sites (tertiary alicyclic amines) is 1. The monoisotopic (exact) mass is 616 g/mol. The maximum atomic E-state index is 13.6. The van der Waals surface area contributed by atoms with Crippen molar-refractivity contribution in [2.45, 2.75) is 57.6 Å². The number of aromatic amines is 1. The van der Waals surface area contributed by atoms with E-state index in [0.29, 0.717) is 43.9 Å². The number of nitrogens with one attached hydrogen (secondary N) is 1. The largest absolute Gasteiger partial charge is 0.417 e. The number of piperidine rings is 1. The van der Waals surface area contributed by atoms with E-state index < -0.39 is 22.9 Å². The van der Waals surface area contributed by atoms with Gasteiger partial charge in [-0.25, -0.2) is 4.79 Å². The average molecular weight is 617 g/mol. The van der Waals surface area contributed by atoms with Crippen molar-refractivity contribution in [2.75, 3.05) is 26.2 Å². The van der Waals surface area contributed by atoms with Crippen molar-refractivity contribution < 1.29 is 23.1 Å². The van der Waals surface area contributed by atoms with Crippen molar-refractivity contribution >= 4 is 28.5 Å². The van der Waals surface area contributed by atoms with Gasteiger partial charge in [-0.05, 0) is 37.1 Å². The van der Waals surface area contributed by atoms with E-state index in [4.69, 9.17) is 11.6 Å². The summed E-state index contributed by atoms with van der Waals surface area (Å²) in [6.45, 7) is 4.09. The standard InChI is InChI=1S/C30H32ClF3N6O3/c1-18(41)38-13-10-26-22(17-38)28(19-6-7-24(31)23(14-19)30(32,33)34)36-39(26)16-21(42)15-37-11-8-20(9-12-37)40-27-5-3-2-4-25(27)35-29(40)43/h2-7,14,20-21,42H,8-13,15-17H2,1H3,(H,35,43). The van der Waals surface area contributed by atoms with Gasteiger partial charge in [-0.15, -0.1) is 0 Å². The number of hydrogen-bond donors (Lipinski definition) is 2. The van der Waals surface area contributed by atoms with E-state index in [9.17, 15) is 27.9 Å². The zero-order valence-corrected chi connectivity index (χ0v) is 24.3. The number of nitrogens with zero attached hydrogens (tertiary/aromatic N) is 5. The number of benzene rings is 2. The molecule has 2 aliphatic rings. The first-order valence-corrected chi connectivity index (χ1v) is 14.7. The number of aliphatic hydroxyl groups excluding tert-OH is 1. The summed E-state index contributed by atoms with van der Waals surface area (Å²) in [5, 5.41) is 15.4. The molecule has 2 aliphatic heterocycles. The van der Waals surface area contributed by atoms with E-state index in [0.717, 1.165) is 35.6 Å². The molecule has 0 aliphatic carbocycles. The molecule has 228 valence electrons. The van der Waals surface area contributed by atoms with Gasteiger partial charge in [0.2, 0.25) is 5.91 Å². The van der Waals surface area contributed by atoms with Crippen molar-refractivity contribution in [2.24, 2.45) is 0 Å². The summed E-state index contributed by atoms with van der Waals surface area (Å²) >= 11 is 5.86. The highest BCUT2D eigenvalue weighted by molar-refractivity contribution is 6.31. The molecule has 1 fully saturated rings. The summed E-state index contributed by atoms with van der Waals surface area (Å²) < 4.78 is 44.4. The maximum Gasteiger partial charge on any atom is 0.417 e. The van der Waals surface area contributed by atoms with Crippen LogP contribution in [0.2, 0.25) is 5.02 Å². The van der Waals surface area contributed by atoms with Crippen LogP contribution in [0.3, 0.4) is 0 Å². The molecule has 2 aromatic heterocycles. The summed E-state index contributed by atoms with van der Waals surface area (Å²) in [4.78, 5) is 31.5. The van der Waals surface area contributed by atoms with Gasteiger partial charge >= 0.3 is 11.9 Å². The highest BCUT2D eigenvalue weighted by Gasteiger charge is 2.35. The minimum absolute atomic E-state index is 0.0583. The zero-order valence-electron chi connectivity index (χ0n) is 23.6. The first kappa shape index (κ1) is 29.5. The van der Waals surface area contributed by atoms with Gasteiger partial charge in [0.25, 0.3) is 0 Å². The topological polar surface area (TPSA) is 99.4 Å². The first-order valence-electron chi connectivity index (χ1n) is 14.3. The summed E-state index contributed by atoms with van der Waals surface area (Å²) in [5.74, 6) is -0.130. The van der Waals surface area contributed by atoms with E-state index in [1.54, 1.807) is 9.58 Å². The molecule has 1 saturated heterocycles. The van der Waals surface area contributed by atoms with Gasteiger partial charge in [-0.3, -0.25) is 14.0 Å². The number of rotatable bonds is 6. The van der Waals surface area contributed by atoms with E-state index in [-0.39, 0.29) is 36.3 Å². The Labute approximate surface area is 250 Å². The SMILES string of the molecule is CC(=O)N1CCc2c(c(-c3ccc(Cl)c(C(F)(F)F)c3)nn2CC(O)CN2CCC(n3c(=O)[nH]c4ccccc43)CC2)C1. The van der Waals surface area contributed by atoms with Gasteiger partial charge in [-0.2, -0.15) is 18.3 Å². The minimum atomic E-state index is -4.63.